The molecule has 7 nitrogen and oxygen atoms in total. The number of carbonyl (C=O) groups is 2. The van der Waals surface area contributed by atoms with Gasteiger partial charge in [0.1, 0.15) is 18.3 Å². The average molecular weight is 372 g/mol. The Balaban J connectivity index is 2.17. The lowest BCUT2D eigenvalue weighted by molar-refractivity contribution is -0.144. The first-order valence-electron chi connectivity index (χ1n) is 8.22. The van der Waals surface area contributed by atoms with Gasteiger partial charge in [-0.3, -0.25) is 9.59 Å². The number of fused-ring (bicyclic) bond motifs is 1. The van der Waals surface area contributed by atoms with E-state index in [1.165, 1.54) is 28.4 Å². The maximum Gasteiger partial charge on any atom is 0.317 e. The van der Waals surface area contributed by atoms with Crippen LogP contribution in [0.1, 0.15) is 33.5 Å². The van der Waals surface area contributed by atoms with Crippen LogP contribution < -0.4 is 18.9 Å². The number of benzene rings is 2. The van der Waals surface area contributed by atoms with Gasteiger partial charge >= 0.3 is 5.97 Å². The molecule has 1 aliphatic heterocycles. The van der Waals surface area contributed by atoms with Gasteiger partial charge in [-0.25, -0.2) is 0 Å². The standard InChI is InChI=1S/C20H20O7/c1-23-13-7-5-11(9-15(13)25-3)18-17(20(22)26-4)16-12(10-21)6-8-14(24-2)19(16)27-18/h5-10,17-18H,1-4H3/t17-,18-/m1/s1. The van der Waals surface area contributed by atoms with Gasteiger partial charge in [0.15, 0.2) is 23.0 Å². The minimum absolute atomic E-state index is 0.351. The highest BCUT2D eigenvalue weighted by molar-refractivity contribution is 5.89. The lowest BCUT2D eigenvalue weighted by Crippen LogP contribution is -2.21. The molecule has 0 aliphatic carbocycles. The van der Waals surface area contributed by atoms with Gasteiger partial charge in [0.25, 0.3) is 0 Å². The summed E-state index contributed by atoms with van der Waals surface area (Å²) in [5.74, 6) is 0.520. The van der Waals surface area contributed by atoms with Crippen molar-refractivity contribution >= 4 is 12.3 Å². The first-order valence-corrected chi connectivity index (χ1v) is 8.22. The molecule has 142 valence electrons. The molecule has 2 aromatic rings. The van der Waals surface area contributed by atoms with Gasteiger partial charge in [-0.2, -0.15) is 0 Å². The second kappa shape index (κ2) is 7.57. The smallest absolute Gasteiger partial charge is 0.317 e. The highest BCUT2D eigenvalue weighted by Gasteiger charge is 2.44. The maximum absolute atomic E-state index is 12.6. The van der Waals surface area contributed by atoms with E-state index in [-0.39, 0.29) is 0 Å². The lowest BCUT2D eigenvalue weighted by atomic mass is 9.88. The zero-order valence-corrected chi connectivity index (χ0v) is 15.5. The summed E-state index contributed by atoms with van der Waals surface area (Å²) in [6.07, 6.45) is -0.0172. The van der Waals surface area contributed by atoms with E-state index in [2.05, 4.69) is 0 Å². The van der Waals surface area contributed by atoms with Crippen LogP contribution in [-0.2, 0) is 9.53 Å². The number of aldehydes is 1. The van der Waals surface area contributed by atoms with E-state index < -0.39 is 18.0 Å². The molecule has 7 heteroatoms. The average Bonchev–Trinajstić information content (AvgIpc) is 3.12. The molecule has 0 amide bonds. The van der Waals surface area contributed by atoms with E-state index >= 15 is 0 Å². The number of carbonyl (C=O) groups excluding carboxylic acids is 2. The molecular formula is C20H20O7. The zero-order chi connectivity index (χ0) is 19.6. The number of hydrogen-bond donors (Lipinski definition) is 0. The third-order valence-electron chi connectivity index (χ3n) is 4.59. The van der Waals surface area contributed by atoms with Gasteiger partial charge < -0.3 is 23.7 Å². The fourth-order valence-electron chi connectivity index (χ4n) is 3.31. The monoisotopic (exact) mass is 372 g/mol. The Hall–Kier alpha value is -3.22. The number of methoxy groups -OCH3 is 4. The quantitative estimate of drug-likeness (QED) is 0.570. The van der Waals surface area contributed by atoms with Gasteiger partial charge in [-0.05, 0) is 29.8 Å². The molecule has 0 saturated heterocycles. The predicted molar refractivity (Wildman–Crippen MR) is 96.1 cm³/mol. The van der Waals surface area contributed by atoms with Crippen LogP contribution in [0.2, 0.25) is 0 Å². The molecule has 0 aromatic heterocycles. The lowest BCUT2D eigenvalue weighted by Gasteiger charge is -2.19. The second-order valence-electron chi connectivity index (χ2n) is 5.87. The van der Waals surface area contributed by atoms with Crippen LogP contribution in [0.15, 0.2) is 30.3 Å². The van der Waals surface area contributed by atoms with E-state index in [9.17, 15) is 9.59 Å². The van der Waals surface area contributed by atoms with Crippen molar-refractivity contribution in [3.05, 3.63) is 47.0 Å². The molecule has 2 aromatic carbocycles. The van der Waals surface area contributed by atoms with Crippen molar-refractivity contribution in [2.45, 2.75) is 12.0 Å². The van der Waals surface area contributed by atoms with E-state index in [0.717, 1.165) is 0 Å². The Kier molecular flexibility index (Phi) is 5.21. The third kappa shape index (κ3) is 3.05. The Morgan fingerprint density at radius 1 is 0.963 bits per heavy atom. The van der Waals surface area contributed by atoms with Gasteiger partial charge in [0.2, 0.25) is 0 Å². The molecule has 0 bridgehead atoms. The summed E-state index contributed by atoms with van der Waals surface area (Å²) in [7, 11) is 5.86. The van der Waals surface area contributed by atoms with E-state index in [1.807, 2.05) is 0 Å². The molecular weight excluding hydrogens is 352 g/mol. The van der Waals surface area contributed by atoms with Crippen molar-refractivity contribution < 1.29 is 33.3 Å². The van der Waals surface area contributed by atoms with E-state index in [0.29, 0.717) is 46.0 Å². The summed E-state index contributed by atoms with van der Waals surface area (Å²) in [5.41, 5.74) is 1.48. The Morgan fingerprint density at radius 3 is 2.22 bits per heavy atom. The molecule has 27 heavy (non-hydrogen) atoms. The van der Waals surface area contributed by atoms with E-state index in [1.54, 1.807) is 30.3 Å². The molecule has 0 fully saturated rings. The largest absolute Gasteiger partial charge is 0.493 e. The molecule has 2 atom stereocenters. The minimum atomic E-state index is -0.821. The minimum Gasteiger partial charge on any atom is -0.493 e. The van der Waals surface area contributed by atoms with Gasteiger partial charge in [0, 0.05) is 11.1 Å². The first-order chi connectivity index (χ1) is 13.1. The maximum atomic E-state index is 12.6. The molecule has 0 unspecified atom stereocenters. The SMILES string of the molecule is COC(=O)[C@@H]1c2c(C=O)ccc(OC)c2O[C@@H]1c1ccc(OC)c(OC)c1. The third-order valence-corrected chi connectivity index (χ3v) is 4.59. The normalized spacial score (nSPS) is 17.5. The topological polar surface area (TPSA) is 80.3 Å². The number of hydrogen-bond acceptors (Lipinski definition) is 7. The number of rotatable bonds is 6. The van der Waals surface area contributed by atoms with Crippen LogP contribution >= 0.6 is 0 Å². The molecule has 0 N–H and O–H groups in total. The van der Waals surface area contributed by atoms with Crippen molar-refractivity contribution in [2.24, 2.45) is 0 Å². The zero-order valence-electron chi connectivity index (χ0n) is 15.5. The first kappa shape index (κ1) is 18.6. The van der Waals surface area contributed by atoms with Crippen LogP contribution in [0.25, 0.3) is 0 Å². The summed E-state index contributed by atoms with van der Waals surface area (Å²) >= 11 is 0. The van der Waals surface area contributed by atoms with Crippen molar-refractivity contribution in [3.63, 3.8) is 0 Å². The summed E-state index contributed by atoms with van der Waals surface area (Å²) in [6.45, 7) is 0. The van der Waals surface area contributed by atoms with Crippen LogP contribution in [-0.4, -0.2) is 40.7 Å². The van der Waals surface area contributed by atoms with Crippen molar-refractivity contribution in [1.82, 2.24) is 0 Å². The Labute approximate surface area is 156 Å². The van der Waals surface area contributed by atoms with Gasteiger partial charge in [-0.1, -0.05) is 6.07 Å². The highest BCUT2D eigenvalue weighted by atomic mass is 16.5. The molecule has 0 spiro atoms. The van der Waals surface area contributed by atoms with Crippen LogP contribution in [0.3, 0.4) is 0 Å². The molecule has 0 radical (unpaired) electrons. The summed E-state index contributed by atoms with van der Waals surface area (Å²) in [6, 6.07) is 8.47. The van der Waals surface area contributed by atoms with Crippen molar-refractivity contribution in [2.75, 3.05) is 28.4 Å². The van der Waals surface area contributed by atoms with Crippen LogP contribution in [0.5, 0.6) is 23.0 Å². The second-order valence-corrected chi connectivity index (χ2v) is 5.87. The van der Waals surface area contributed by atoms with Crippen LogP contribution in [0.4, 0.5) is 0 Å². The van der Waals surface area contributed by atoms with E-state index in [4.69, 9.17) is 23.7 Å². The number of ether oxygens (including phenoxy) is 5. The predicted octanol–water partition coefficient (Wildman–Crippen LogP) is 2.92. The fourth-order valence-corrected chi connectivity index (χ4v) is 3.31. The van der Waals surface area contributed by atoms with Crippen molar-refractivity contribution in [1.29, 1.82) is 0 Å². The molecule has 3 rings (SSSR count). The van der Waals surface area contributed by atoms with Gasteiger partial charge in [-0.15, -0.1) is 0 Å². The van der Waals surface area contributed by atoms with Crippen LogP contribution in [0, 0.1) is 0 Å². The van der Waals surface area contributed by atoms with Gasteiger partial charge in [0.05, 0.1) is 28.4 Å². The highest BCUT2D eigenvalue weighted by Crippen LogP contribution is 2.52. The molecule has 1 heterocycles. The van der Waals surface area contributed by atoms with Crippen molar-refractivity contribution in [3.8, 4) is 23.0 Å². The summed E-state index contributed by atoms with van der Waals surface area (Å²) < 4.78 is 27.0. The molecule has 0 saturated carbocycles. The molecule has 1 aliphatic rings. The summed E-state index contributed by atoms with van der Waals surface area (Å²) in [5, 5.41) is 0. The number of esters is 1. The Bertz CT molecular complexity index is 875. The Morgan fingerprint density at radius 2 is 1.63 bits per heavy atom. The summed E-state index contributed by atoms with van der Waals surface area (Å²) in [4.78, 5) is 24.2. The fraction of sp³-hybridized carbons (Fsp3) is 0.300.